The summed E-state index contributed by atoms with van der Waals surface area (Å²) in [5.41, 5.74) is 7.29. The summed E-state index contributed by atoms with van der Waals surface area (Å²) in [5.74, 6) is -0.796. The number of methoxy groups -OCH3 is 2. The minimum atomic E-state index is -1.33. The smallest absolute Gasteiger partial charge is 0.280 e. The quantitative estimate of drug-likeness (QED) is 0.0182. The number of likely N-dealkylation sites (N-methyl/N-ethyl adjacent to an activating group) is 1. The SMILES string of the molecule is COc1cc2c(cc1OCCCOc1cc3c(cc1OC)C(=O)N1C=C(c4ccc(N5CCN(C)CC5)cc4)C[C@H]1C=N3)N=C[C@@H]1CC(c3ccc(NC(=O)[C@H](C)NC(=O)[C@@H](NC(=O)CCOCCOCCOCCOCCOCCOCCOCCOCCNC(=O)CCN4C(=O)C[CH]([Al]5[CH2]CCCCCC[CH2]5)C4=O)C(C)C)cc3)=CN1C2=O. The van der Waals surface area contributed by atoms with E-state index in [2.05, 4.69) is 62.4 Å². The van der Waals surface area contributed by atoms with Gasteiger partial charge in [0, 0.05) is 131 Å². The van der Waals surface area contributed by atoms with E-state index in [9.17, 15) is 38.4 Å². The van der Waals surface area contributed by atoms with Crippen molar-refractivity contribution in [1.29, 1.82) is 0 Å². The number of nitrogens with one attached hydrogen (secondary N) is 4. The number of hydrogen-bond acceptors (Lipinski definition) is 24. The van der Waals surface area contributed by atoms with Gasteiger partial charge < -0.3 is 97.7 Å². The molecule has 11 rings (SSSR count). The molecule has 3 fully saturated rings. The summed E-state index contributed by atoms with van der Waals surface area (Å²) < 4.78 is 68.3. The molecule has 0 aromatic heterocycles. The summed E-state index contributed by atoms with van der Waals surface area (Å²) in [6.07, 6.45) is 16.7. The Morgan fingerprint density at radius 2 is 0.975 bits per heavy atom. The van der Waals surface area contributed by atoms with Crippen LogP contribution in [0.15, 0.2) is 95.2 Å². The van der Waals surface area contributed by atoms with E-state index in [1.807, 2.05) is 30.7 Å². The molecule has 7 aliphatic heterocycles. The minimum Gasteiger partial charge on any atom is -0.493 e. The highest BCUT2D eigenvalue weighted by Crippen LogP contribution is 2.43. The number of benzene rings is 4. The van der Waals surface area contributed by atoms with Crippen molar-refractivity contribution >= 4 is 108 Å². The lowest BCUT2D eigenvalue weighted by Crippen LogP contribution is -2.53. The van der Waals surface area contributed by atoms with E-state index in [1.165, 1.54) is 63.3 Å². The molecule has 8 amide bonds. The molecule has 4 aromatic rings. The number of likely N-dealkylation sites (tertiary alicyclic amines) is 1. The Labute approximate surface area is 708 Å². The second-order valence-electron chi connectivity index (χ2n) is 31.2. The summed E-state index contributed by atoms with van der Waals surface area (Å²) in [6, 6.07) is 20.2. The van der Waals surface area contributed by atoms with Crippen LogP contribution in [0.1, 0.15) is 130 Å². The van der Waals surface area contributed by atoms with Crippen molar-refractivity contribution in [3.05, 3.63) is 107 Å². The molecule has 0 bridgehead atoms. The first-order valence-electron chi connectivity index (χ1n) is 42.6. The van der Waals surface area contributed by atoms with Crippen LogP contribution in [0.25, 0.3) is 11.1 Å². The highest BCUT2D eigenvalue weighted by atomic mass is 27.2. The van der Waals surface area contributed by atoms with Crippen LogP contribution in [0, 0.1) is 5.92 Å². The van der Waals surface area contributed by atoms with Gasteiger partial charge in [-0.1, -0.05) is 87.2 Å². The van der Waals surface area contributed by atoms with Gasteiger partial charge in [-0.3, -0.25) is 53.2 Å². The Kier molecular flexibility index (Phi) is 36.5. The van der Waals surface area contributed by atoms with Crippen LogP contribution in [0.5, 0.6) is 23.0 Å². The van der Waals surface area contributed by atoms with Crippen molar-refractivity contribution in [2.75, 3.05) is 190 Å². The van der Waals surface area contributed by atoms with Crippen molar-refractivity contribution in [2.45, 2.75) is 137 Å². The number of aliphatic imine (C=N–C) groups is 2. The molecule has 4 N–H and O–H groups in total. The zero-order valence-corrected chi connectivity index (χ0v) is 71.6. The maximum atomic E-state index is 14.2. The van der Waals surface area contributed by atoms with Crippen molar-refractivity contribution < 1.29 is 95.2 Å². The monoisotopic (exact) mass is 1680 g/mol. The lowest BCUT2D eigenvalue weighted by molar-refractivity contribution is -0.138. The summed E-state index contributed by atoms with van der Waals surface area (Å²) in [7, 11) is 5.20. The van der Waals surface area contributed by atoms with Crippen LogP contribution in [0.3, 0.4) is 0 Å². The molecule has 0 saturated carbocycles. The van der Waals surface area contributed by atoms with Crippen LogP contribution < -0.4 is 45.1 Å². The van der Waals surface area contributed by atoms with E-state index in [0.717, 1.165) is 59.0 Å². The minimum absolute atomic E-state index is 0.0137. The Bertz CT molecular complexity index is 4190. The first-order valence-corrected chi connectivity index (χ1v) is 44.9. The van der Waals surface area contributed by atoms with Crippen molar-refractivity contribution in [3.63, 3.8) is 0 Å². The number of carbonyl (C=O) groups is 8. The highest BCUT2D eigenvalue weighted by molar-refractivity contribution is 6.65. The molecule has 0 radical (unpaired) electrons. The molecule has 4 aromatic carbocycles. The summed E-state index contributed by atoms with van der Waals surface area (Å²) >= 11 is -1.33. The van der Waals surface area contributed by atoms with Crippen LogP contribution in [0.4, 0.5) is 22.7 Å². The largest absolute Gasteiger partial charge is 0.493 e. The fourth-order valence-electron chi connectivity index (χ4n) is 15.4. The molecule has 0 spiro atoms. The Balaban J connectivity index is 0.484. The van der Waals surface area contributed by atoms with Gasteiger partial charge in [0.2, 0.25) is 35.4 Å². The van der Waals surface area contributed by atoms with Gasteiger partial charge in [-0.15, -0.1) is 0 Å². The predicted octanol–water partition coefficient (Wildman–Crippen LogP) is 8.84. The average molecular weight is 1680 g/mol. The molecule has 5 atom stereocenters. The second-order valence-corrected chi connectivity index (χ2v) is 34.7. The van der Waals surface area contributed by atoms with E-state index < -0.39 is 38.0 Å². The van der Waals surface area contributed by atoms with Gasteiger partial charge in [-0.25, -0.2) is 0 Å². The number of ether oxygens (including phenoxy) is 12. The molecule has 1 unspecified atom stereocenters. The number of carbonyl (C=O) groups excluding carboxylic acids is 8. The fourth-order valence-corrected chi connectivity index (χ4v) is 19.3. The average Bonchev–Trinajstić information content (AvgIpc) is 1.62. The molecular formula is C88H120AlN11O20. The van der Waals surface area contributed by atoms with E-state index >= 15 is 0 Å². The summed E-state index contributed by atoms with van der Waals surface area (Å²) in [6.45, 7) is 15.9. The van der Waals surface area contributed by atoms with Gasteiger partial charge in [0.15, 0.2) is 23.0 Å². The van der Waals surface area contributed by atoms with Crippen LogP contribution in [0.2, 0.25) is 15.3 Å². The predicted molar refractivity (Wildman–Crippen MR) is 456 cm³/mol. The maximum absolute atomic E-state index is 14.2. The molecule has 31 nitrogen and oxygen atoms in total. The highest BCUT2D eigenvalue weighted by Gasteiger charge is 2.45. The third-order valence-corrected chi connectivity index (χ3v) is 26.3. The zero-order valence-electron chi connectivity index (χ0n) is 70.4. The number of imide groups is 1. The molecule has 7 aliphatic rings. The number of amides is 8. The number of rotatable bonds is 48. The summed E-state index contributed by atoms with van der Waals surface area (Å²) in [5, 5.41) is 13.5. The molecule has 3 saturated heterocycles. The fraction of sp³-hybridized carbons (Fsp3) is 0.568. The maximum Gasteiger partial charge on any atom is 0.280 e. The first kappa shape index (κ1) is 91.6. The molecule has 0 aliphatic carbocycles. The number of fused-ring (bicyclic) bond motifs is 4. The van der Waals surface area contributed by atoms with Crippen molar-refractivity contribution in [3.8, 4) is 23.0 Å². The van der Waals surface area contributed by atoms with Gasteiger partial charge in [-0.2, -0.15) is 0 Å². The molecule has 32 heteroatoms. The normalized spacial score (nSPS) is 18.5. The Hall–Kier alpha value is -9.17. The second kappa shape index (κ2) is 47.9. The molecular weight excluding hydrogens is 1560 g/mol. The summed E-state index contributed by atoms with van der Waals surface area (Å²) in [4.78, 5) is 126. The Morgan fingerprint density at radius 1 is 0.508 bits per heavy atom. The topological polar surface area (TPSA) is 336 Å². The number of piperazine rings is 1. The molecule has 120 heavy (non-hydrogen) atoms. The Morgan fingerprint density at radius 3 is 1.46 bits per heavy atom. The van der Waals surface area contributed by atoms with Crippen LogP contribution >= 0.6 is 0 Å². The van der Waals surface area contributed by atoms with Crippen LogP contribution in [-0.4, -0.2) is 297 Å². The van der Waals surface area contributed by atoms with E-state index in [-0.39, 0.29) is 104 Å². The standard InChI is InChI=1S/C80H104N11O20.C8H16.Al/c1-54(2)76(86-73(93)19-28-102-30-32-104-34-36-106-38-40-108-42-43-109-41-39-107-37-35-105-33-31-103-29-20-81-72(92)18-21-89-74(94)16-17-75(89)95)78(97)84-55(3)77(96)85-60-12-8-56(9-13-60)58-44-62-50-82-66-48-70(68(100-5)46-64(66)79(98)90(62)52-58)110-26-7-27-111-71-49-67-65(47-69(71)101-6)80(99)91-53-59(45-63(91)51-83-67)57-10-14-61(15-11-57)88-24-22-87(4)23-25-88;1-3-5-7-8-6-4-2;/h8-16,46-55,62-63,76H,7,17-45H2,1-6H3,(H,81,92)(H,84,97)(H,85,96)(H,86,93);1-8H2;/t55-,62-,63-,76-;;/m0../s1. The molecule has 7 heterocycles. The lowest BCUT2D eigenvalue weighted by atomic mass is 10.0. The molecule has 650 valence electrons. The van der Waals surface area contributed by atoms with Crippen LogP contribution in [-0.2, 0) is 66.7 Å². The van der Waals surface area contributed by atoms with Gasteiger partial charge >= 0.3 is 0 Å². The third-order valence-electron chi connectivity index (χ3n) is 22.3. The number of hydrogen-bond donors (Lipinski definition) is 4. The van der Waals surface area contributed by atoms with Gasteiger partial charge in [-0.05, 0) is 78.6 Å². The lowest BCUT2D eigenvalue weighted by Gasteiger charge is -2.34. The van der Waals surface area contributed by atoms with Gasteiger partial charge in [0.05, 0.1) is 168 Å². The van der Waals surface area contributed by atoms with Gasteiger partial charge in [0.1, 0.15) is 12.1 Å². The first-order chi connectivity index (χ1) is 58.4. The van der Waals surface area contributed by atoms with Gasteiger partial charge in [0.25, 0.3) is 26.0 Å². The number of nitrogens with zero attached hydrogens (tertiary/aromatic N) is 7. The van der Waals surface area contributed by atoms with E-state index in [0.29, 0.717) is 176 Å². The number of anilines is 2. The van der Waals surface area contributed by atoms with E-state index in [1.54, 1.807) is 73.2 Å². The van der Waals surface area contributed by atoms with E-state index in [4.69, 9.17) is 66.8 Å². The third kappa shape index (κ3) is 26.9. The zero-order chi connectivity index (χ0) is 84.5. The van der Waals surface area contributed by atoms with Crippen molar-refractivity contribution in [1.82, 2.24) is 35.6 Å². The van der Waals surface area contributed by atoms with Crippen molar-refractivity contribution in [2.24, 2.45) is 15.9 Å².